The van der Waals surface area contributed by atoms with Crippen molar-refractivity contribution < 1.29 is 19.5 Å². The first-order chi connectivity index (χ1) is 23.6. The minimum atomic E-state index is -0.439. The quantitative estimate of drug-likeness (QED) is 0.150. The first-order valence-electron chi connectivity index (χ1n) is 17.3. The third-order valence-corrected chi connectivity index (χ3v) is 9.22. The average Bonchev–Trinajstić information content (AvgIpc) is 3.49. The molecule has 1 aromatic heterocycles. The van der Waals surface area contributed by atoms with E-state index in [0.717, 1.165) is 53.6 Å². The molecular weight excluding hydrogens is 616 g/mol. The van der Waals surface area contributed by atoms with Crippen LogP contribution in [0.4, 0.5) is 16.2 Å². The van der Waals surface area contributed by atoms with Crippen molar-refractivity contribution in [1.29, 1.82) is 0 Å². The third kappa shape index (κ3) is 8.03. The van der Waals surface area contributed by atoms with Crippen molar-refractivity contribution >= 4 is 29.2 Å². The Morgan fingerprint density at radius 2 is 1.55 bits per heavy atom. The number of aryl methyl sites for hydroxylation is 3. The highest BCUT2D eigenvalue weighted by Gasteiger charge is 2.32. The molecule has 0 bridgehead atoms. The van der Waals surface area contributed by atoms with E-state index in [4.69, 9.17) is 5.10 Å². The van der Waals surface area contributed by atoms with Crippen molar-refractivity contribution in [3.63, 3.8) is 0 Å². The van der Waals surface area contributed by atoms with Crippen LogP contribution in [0.5, 0.6) is 0 Å². The van der Waals surface area contributed by atoms with Gasteiger partial charge in [0.1, 0.15) is 0 Å². The number of aliphatic hydroxyl groups is 1. The van der Waals surface area contributed by atoms with E-state index in [1.165, 1.54) is 0 Å². The van der Waals surface area contributed by atoms with Crippen LogP contribution in [0.15, 0.2) is 66.7 Å². The van der Waals surface area contributed by atoms with Crippen LogP contribution >= 0.6 is 0 Å². The van der Waals surface area contributed by atoms with Crippen molar-refractivity contribution in [1.82, 2.24) is 19.6 Å². The summed E-state index contributed by atoms with van der Waals surface area (Å²) in [4.78, 5) is 45.0. The summed E-state index contributed by atoms with van der Waals surface area (Å²) >= 11 is 0. The molecule has 0 fully saturated rings. The second-order valence-corrected chi connectivity index (χ2v) is 12.9. The number of amides is 4. The van der Waals surface area contributed by atoms with Crippen LogP contribution in [-0.4, -0.2) is 68.3 Å². The minimum absolute atomic E-state index is 0.133. The number of nitrogens with zero attached hydrogens (tertiary/aromatic N) is 4. The highest BCUT2D eigenvalue weighted by atomic mass is 16.3. The van der Waals surface area contributed by atoms with E-state index in [1.54, 1.807) is 33.8 Å². The van der Waals surface area contributed by atoms with Crippen molar-refractivity contribution in [2.24, 2.45) is 0 Å². The Morgan fingerprint density at radius 3 is 2.20 bits per heavy atom. The number of nitrogens with one attached hydrogen (secondary N) is 2. The minimum Gasteiger partial charge on any atom is -0.394 e. The van der Waals surface area contributed by atoms with Crippen molar-refractivity contribution in [2.45, 2.75) is 79.3 Å². The van der Waals surface area contributed by atoms with Crippen LogP contribution in [0.1, 0.15) is 88.3 Å². The van der Waals surface area contributed by atoms with Gasteiger partial charge in [-0.15, -0.1) is 0 Å². The lowest BCUT2D eigenvalue weighted by Gasteiger charge is -2.36. The van der Waals surface area contributed by atoms with E-state index in [2.05, 4.69) is 24.5 Å². The zero-order valence-electron chi connectivity index (χ0n) is 29.3. The Labute approximate surface area is 289 Å². The fourth-order valence-corrected chi connectivity index (χ4v) is 6.40. The van der Waals surface area contributed by atoms with Gasteiger partial charge in [-0.1, -0.05) is 69.2 Å². The molecule has 2 heterocycles. The molecule has 1 aliphatic rings. The fraction of sp³-hybridized carbons (Fsp3) is 0.385. The number of carbonyl (C=O) groups is 3. The van der Waals surface area contributed by atoms with E-state index >= 15 is 0 Å². The number of benzene rings is 3. The Hall–Kier alpha value is -4.96. The molecule has 3 N–H and O–H groups in total. The first-order valence-corrected chi connectivity index (χ1v) is 17.3. The van der Waals surface area contributed by atoms with Gasteiger partial charge < -0.3 is 25.5 Å². The van der Waals surface area contributed by atoms with Gasteiger partial charge in [0, 0.05) is 36.7 Å². The number of rotatable bonds is 12. The molecule has 10 nitrogen and oxygen atoms in total. The van der Waals surface area contributed by atoms with Crippen LogP contribution in [0.3, 0.4) is 0 Å². The number of anilines is 2. The summed E-state index contributed by atoms with van der Waals surface area (Å²) in [7, 11) is 0. The number of urea groups is 1. The lowest BCUT2D eigenvalue weighted by molar-refractivity contribution is 0.0544. The number of para-hydroxylation sites is 1. The molecule has 5 rings (SSSR count). The Morgan fingerprint density at radius 1 is 0.878 bits per heavy atom. The molecule has 4 aromatic rings. The summed E-state index contributed by atoms with van der Waals surface area (Å²) in [5, 5.41) is 21.0. The van der Waals surface area contributed by atoms with E-state index in [-0.39, 0.29) is 18.4 Å². The average molecular weight is 665 g/mol. The number of carbonyl (C=O) groups excluding carboxylic acids is 3. The van der Waals surface area contributed by atoms with Gasteiger partial charge in [0.15, 0.2) is 5.69 Å². The summed E-state index contributed by atoms with van der Waals surface area (Å²) < 4.78 is 1.63. The molecule has 49 heavy (non-hydrogen) atoms. The van der Waals surface area contributed by atoms with Gasteiger partial charge in [0.05, 0.1) is 23.9 Å². The third-order valence-electron chi connectivity index (χ3n) is 9.22. The fourth-order valence-electron chi connectivity index (χ4n) is 6.40. The van der Waals surface area contributed by atoms with Crippen LogP contribution in [0, 0.1) is 20.8 Å². The van der Waals surface area contributed by atoms with E-state index in [9.17, 15) is 19.5 Å². The number of hydrogen-bond acceptors (Lipinski definition) is 5. The number of hydrogen-bond donors (Lipinski definition) is 3. The van der Waals surface area contributed by atoms with Gasteiger partial charge in [-0.3, -0.25) is 9.59 Å². The highest BCUT2D eigenvalue weighted by molar-refractivity contribution is 6.03. The number of aromatic nitrogens is 2. The lowest BCUT2D eigenvalue weighted by Crippen LogP contribution is -2.46. The van der Waals surface area contributed by atoms with Crippen molar-refractivity contribution in [3.05, 3.63) is 106 Å². The van der Waals surface area contributed by atoms with Gasteiger partial charge in [0.25, 0.3) is 11.8 Å². The van der Waals surface area contributed by atoms with Gasteiger partial charge in [-0.05, 0) is 86.6 Å². The molecule has 0 unspecified atom stereocenters. The SMILES string of the molecule is CCCCN(CCCC)C(=O)c1cc(C)n(-c2ccc(NC(=O)Nc3c(C)cccc3C)cc2C(=O)N2Cc3ccccc3C[C@H]2CO)n1. The molecule has 3 aromatic carbocycles. The monoisotopic (exact) mass is 664 g/mol. The Kier molecular flexibility index (Phi) is 11.5. The van der Waals surface area contributed by atoms with E-state index in [1.807, 2.05) is 68.1 Å². The maximum absolute atomic E-state index is 14.6. The number of fused-ring (bicyclic) bond motifs is 1. The molecule has 0 spiro atoms. The molecule has 258 valence electrons. The second-order valence-electron chi connectivity index (χ2n) is 12.9. The summed E-state index contributed by atoms with van der Waals surface area (Å²) in [6.07, 6.45) is 4.30. The molecule has 0 saturated carbocycles. The standard InChI is InChI=1S/C39H48N6O4/c1-6-8-19-43(20-9-7-2)38(48)34-21-28(5)45(42-34)35-18-17-31(40-39(49)41-36-26(3)13-12-14-27(36)4)23-33(35)37(47)44-24-30-16-11-10-15-29(30)22-32(44)25-46/h10-18,21,23,32,46H,6-9,19-20,22,24-25H2,1-5H3,(H2,40,41,49)/t32-/m0/s1. The molecule has 0 radical (unpaired) electrons. The normalized spacial score (nSPS) is 13.9. The van der Waals surface area contributed by atoms with Crippen LogP contribution < -0.4 is 10.6 Å². The lowest BCUT2D eigenvalue weighted by atomic mass is 9.93. The van der Waals surface area contributed by atoms with Crippen LogP contribution in [0.25, 0.3) is 5.69 Å². The second kappa shape index (κ2) is 16.0. The Balaban J connectivity index is 1.52. The molecule has 4 amide bonds. The zero-order valence-corrected chi connectivity index (χ0v) is 29.3. The summed E-state index contributed by atoms with van der Waals surface area (Å²) in [5.74, 6) is -0.441. The first kappa shape index (κ1) is 35.3. The van der Waals surface area contributed by atoms with Gasteiger partial charge in [-0.25, -0.2) is 9.48 Å². The summed E-state index contributed by atoms with van der Waals surface area (Å²) in [6.45, 7) is 11.4. The maximum atomic E-state index is 14.6. The molecule has 0 saturated heterocycles. The van der Waals surface area contributed by atoms with Crippen LogP contribution in [-0.2, 0) is 13.0 Å². The summed E-state index contributed by atoms with van der Waals surface area (Å²) in [6, 6.07) is 19.7. The largest absolute Gasteiger partial charge is 0.394 e. The molecule has 0 aliphatic carbocycles. The van der Waals surface area contributed by atoms with E-state index in [0.29, 0.717) is 54.4 Å². The number of aliphatic hydroxyl groups excluding tert-OH is 1. The van der Waals surface area contributed by atoms with Gasteiger partial charge >= 0.3 is 6.03 Å². The summed E-state index contributed by atoms with van der Waals surface area (Å²) in [5.41, 5.74) is 6.92. The molecule has 1 aliphatic heterocycles. The van der Waals surface area contributed by atoms with Gasteiger partial charge in [0.2, 0.25) is 0 Å². The zero-order chi connectivity index (χ0) is 35.1. The maximum Gasteiger partial charge on any atom is 0.323 e. The predicted molar refractivity (Wildman–Crippen MR) is 193 cm³/mol. The molecule has 1 atom stereocenters. The van der Waals surface area contributed by atoms with E-state index < -0.39 is 12.1 Å². The smallest absolute Gasteiger partial charge is 0.323 e. The Bertz CT molecular complexity index is 1790. The number of unbranched alkanes of at least 4 members (excludes halogenated alkanes) is 2. The van der Waals surface area contributed by atoms with Crippen molar-refractivity contribution in [3.8, 4) is 5.69 Å². The van der Waals surface area contributed by atoms with Crippen molar-refractivity contribution in [2.75, 3.05) is 30.3 Å². The highest BCUT2D eigenvalue weighted by Crippen LogP contribution is 2.29. The van der Waals surface area contributed by atoms with Crippen LogP contribution in [0.2, 0.25) is 0 Å². The molecular formula is C39H48N6O4. The predicted octanol–water partition coefficient (Wildman–Crippen LogP) is 7.04. The topological polar surface area (TPSA) is 120 Å². The molecule has 10 heteroatoms. The van der Waals surface area contributed by atoms with Gasteiger partial charge in [-0.2, -0.15) is 5.10 Å².